The lowest BCUT2D eigenvalue weighted by Gasteiger charge is -2.01. The van der Waals surface area contributed by atoms with Crippen LogP contribution in [0.15, 0.2) is 48.7 Å². The molecule has 0 unspecified atom stereocenters. The minimum atomic E-state index is 0.119. The Labute approximate surface area is 89.2 Å². The normalized spacial score (nSPS) is 10.1. The van der Waals surface area contributed by atoms with Crippen LogP contribution < -0.4 is 0 Å². The highest BCUT2D eigenvalue weighted by Crippen LogP contribution is 2.18. The van der Waals surface area contributed by atoms with Crippen LogP contribution in [0.1, 0.15) is 11.3 Å². The van der Waals surface area contributed by atoms with Crippen LogP contribution in [0.4, 0.5) is 0 Å². The highest BCUT2D eigenvalue weighted by Gasteiger charge is 2.01. The van der Waals surface area contributed by atoms with Crippen molar-refractivity contribution >= 4 is 0 Å². The van der Waals surface area contributed by atoms with Crippen LogP contribution in [0.3, 0.4) is 0 Å². The van der Waals surface area contributed by atoms with Crippen molar-refractivity contribution in [1.29, 1.82) is 0 Å². The number of hydrogen-bond donors (Lipinski definition) is 0. The van der Waals surface area contributed by atoms with E-state index in [1.54, 1.807) is 18.3 Å². The summed E-state index contributed by atoms with van der Waals surface area (Å²) in [5, 5.41) is 11.4. The van der Waals surface area contributed by atoms with Gasteiger partial charge in [0.05, 0.1) is 0 Å². The molecule has 0 amide bonds. The highest BCUT2D eigenvalue weighted by molar-refractivity contribution is 5.32. The third-order valence-corrected chi connectivity index (χ3v) is 2.35. The Morgan fingerprint density at radius 2 is 1.73 bits per heavy atom. The standard InChI is InChI=1S/C13H12NO/c15-13-7-2-1-5-11(13)8-9-12-6-3-4-10-14-12/h1-7,10H,8-9H2. The minimum Gasteiger partial charge on any atom is -0.290 e. The Bertz CT molecular complexity index is 426. The lowest BCUT2D eigenvalue weighted by molar-refractivity contribution is 0.350. The zero-order valence-electron chi connectivity index (χ0n) is 8.39. The maximum atomic E-state index is 11.4. The van der Waals surface area contributed by atoms with E-state index in [0.29, 0.717) is 0 Å². The SMILES string of the molecule is [O]c1ccccc1CCc1ccccn1. The first-order valence-electron chi connectivity index (χ1n) is 5.01. The van der Waals surface area contributed by atoms with Crippen molar-refractivity contribution in [2.24, 2.45) is 0 Å². The van der Waals surface area contributed by atoms with Crippen LogP contribution in [-0.4, -0.2) is 4.98 Å². The summed E-state index contributed by atoms with van der Waals surface area (Å²) in [6.07, 6.45) is 3.36. The number of para-hydroxylation sites is 1. The molecule has 0 aliphatic rings. The molecule has 0 aliphatic heterocycles. The quantitative estimate of drug-likeness (QED) is 0.746. The van der Waals surface area contributed by atoms with Crippen molar-refractivity contribution in [1.82, 2.24) is 4.98 Å². The number of aryl methyl sites for hydroxylation is 2. The minimum absolute atomic E-state index is 0.119. The van der Waals surface area contributed by atoms with Gasteiger partial charge in [-0.05, 0) is 36.6 Å². The number of aromatic nitrogens is 1. The zero-order chi connectivity index (χ0) is 10.5. The highest BCUT2D eigenvalue weighted by atomic mass is 16.3. The first-order chi connectivity index (χ1) is 7.36. The molecule has 0 N–H and O–H groups in total. The van der Waals surface area contributed by atoms with E-state index in [1.165, 1.54) is 0 Å². The molecule has 15 heavy (non-hydrogen) atoms. The molecule has 0 saturated carbocycles. The van der Waals surface area contributed by atoms with Gasteiger partial charge in [0.2, 0.25) is 0 Å². The van der Waals surface area contributed by atoms with Crippen molar-refractivity contribution in [2.75, 3.05) is 0 Å². The van der Waals surface area contributed by atoms with Gasteiger partial charge in [-0.15, -0.1) is 0 Å². The van der Waals surface area contributed by atoms with Crippen molar-refractivity contribution < 1.29 is 5.11 Å². The number of nitrogens with zero attached hydrogens (tertiary/aromatic N) is 1. The fraction of sp³-hybridized carbons (Fsp3) is 0.154. The van der Waals surface area contributed by atoms with Crippen molar-refractivity contribution in [2.45, 2.75) is 12.8 Å². The van der Waals surface area contributed by atoms with E-state index in [1.807, 2.05) is 30.3 Å². The molecule has 0 fully saturated rings. The van der Waals surface area contributed by atoms with Gasteiger partial charge in [-0.3, -0.25) is 10.1 Å². The Kier molecular flexibility index (Phi) is 2.98. The van der Waals surface area contributed by atoms with Crippen LogP contribution in [0.5, 0.6) is 5.75 Å². The first kappa shape index (κ1) is 9.71. The molecule has 75 valence electrons. The lowest BCUT2D eigenvalue weighted by Crippen LogP contribution is -1.93. The largest absolute Gasteiger partial charge is 0.290 e. The summed E-state index contributed by atoms with van der Waals surface area (Å²) in [4.78, 5) is 4.22. The van der Waals surface area contributed by atoms with E-state index in [4.69, 9.17) is 0 Å². The van der Waals surface area contributed by atoms with E-state index < -0.39 is 0 Å². The first-order valence-corrected chi connectivity index (χ1v) is 5.01. The van der Waals surface area contributed by atoms with Crippen LogP contribution in [0.25, 0.3) is 0 Å². The number of rotatable bonds is 3. The van der Waals surface area contributed by atoms with Crippen LogP contribution in [0.2, 0.25) is 0 Å². The van der Waals surface area contributed by atoms with E-state index in [-0.39, 0.29) is 5.75 Å². The molecule has 2 nitrogen and oxygen atoms in total. The summed E-state index contributed by atoms with van der Waals surface area (Å²) in [6.45, 7) is 0. The second-order valence-electron chi connectivity index (χ2n) is 3.43. The molecular formula is C13H12NO. The molecule has 2 heteroatoms. The molecule has 2 aromatic rings. The Balaban J connectivity index is 2.03. The summed E-state index contributed by atoms with van der Waals surface area (Å²) in [5.41, 5.74) is 1.89. The average Bonchev–Trinajstić information content (AvgIpc) is 2.29. The van der Waals surface area contributed by atoms with E-state index >= 15 is 0 Å². The molecule has 0 spiro atoms. The lowest BCUT2D eigenvalue weighted by atomic mass is 10.1. The summed E-state index contributed by atoms with van der Waals surface area (Å²) in [6, 6.07) is 13.0. The summed E-state index contributed by atoms with van der Waals surface area (Å²) >= 11 is 0. The van der Waals surface area contributed by atoms with Gasteiger partial charge < -0.3 is 0 Å². The van der Waals surface area contributed by atoms with Gasteiger partial charge in [0.15, 0.2) is 5.75 Å². The molecule has 1 aromatic carbocycles. The predicted octanol–water partition coefficient (Wildman–Crippen LogP) is 3.01. The van der Waals surface area contributed by atoms with Crippen molar-refractivity contribution in [3.8, 4) is 5.75 Å². The fourth-order valence-corrected chi connectivity index (χ4v) is 1.52. The second-order valence-corrected chi connectivity index (χ2v) is 3.43. The summed E-state index contributed by atoms with van der Waals surface area (Å²) < 4.78 is 0. The number of hydrogen-bond acceptors (Lipinski definition) is 1. The van der Waals surface area contributed by atoms with E-state index in [2.05, 4.69) is 4.98 Å². The van der Waals surface area contributed by atoms with Gasteiger partial charge >= 0.3 is 0 Å². The molecule has 0 saturated heterocycles. The van der Waals surface area contributed by atoms with Crippen LogP contribution in [-0.2, 0) is 17.9 Å². The Hall–Kier alpha value is -1.83. The molecule has 2 rings (SSSR count). The van der Waals surface area contributed by atoms with Crippen molar-refractivity contribution in [3.63, 3.8) is 0 Å². The fourth-order valence-electron chi connectivity index (χ4n) is 1.52. The van der Waals surface area contributed by atoms with Gasteiger partial charge in [-0.25, -0.2) is 0 Å². The second kappa shape index (κ2) is 4.60. The van der Waals surface area contributed by atoms with Gasteiger partial charge in [0.25, 0.3) is 0 Å². The third kappa shape index (κ3) is 2.56. The average molecular weight is 198 g/mol. The smallest absolute Gasteiger partial charge is 0.181 e. The summed E-state index contributed by atoms with van der Waals surface area (Å²) in [7, 11) is 0. The molecule has 0 atom stereocenters. The van der Waals surface area contributed by atoms with Gasteiger partial charge in [-0.2, -0.15) is 0 Å². The number of benzene rings is 1. The van der Waals surface area contributed by atoms with Crippen molar-refractivity contribution in [3.05, 3.63) is 59.9 Å². The molecule has 1 aromatic heterocycles. The molecule has 0 aliphatic carbocycles. The zero-order valence-corrected chi connectivity index (χ0v) is 8.39. The summed E-state index contributed by atoms with van der Waals surface area (Å²) in [5.74, 6) is 0.119. The Morgan fingerprint density at radius 1 is 0.933 bits per heavy atom. The van der Waals surface area contributed by atoms with E-state index in [9.17, 15) is 5.11 Å². The van der Waals surface area contributed by atoms with Gasteiger partial charge in [-0.1, -0.05) is 24.3 Å². The molecular weight excluding hydrogens is 186 g/mol. The monoisotopic (exact) mass is 198 g/mol. The predicted molar refractivity (Wildman–Crippen MR) is 58.2 cm³/mol. The topological polar surface area (TPSA) is 32.8 Å². The van der Waals surface area contributed by atoms with E-state index in [0.717, 1.165) is 24.1 Å². The van der Waals surface area contributed by atoms with Crippen LogP contribution >= 0.6 is 0 Å². The maximum absolute atomic E-state index is 11.4. The maximum Gasteiger partial charge on any atom is 0.181 e. The van der Waals surface area contributed by atoms with Crippen LogP contribution in [0, 0.1) is 0 Å². The van der Waals surface area contributed by atoms with Gasteiger partial charge in [0, 0.05) is 11.9 Å². The Morgan fingerprint density at radius 3 is 2.47 bits per heavy atom. The third-order valence-electron chi connectivity index (χ3n) is 2.35. The number of pyridine rings is 1. The molecule has 1 radical (unpaired) electrons. The molecule has 1 heterocycles. The van der Waals surface area contributed by atoms with Gasteiger partial charge in [0.1, 0.15) is 0 Å². The molecule has 0 bridgehead atoms.